The molecule has 47 heavy (non-hydrogen) atoms. The average molecular weight is 622 g/mol. The largest absolute Gasteiger partial charge is 0.313 e. The topological polar surface area (TPSA) is 3.24 Å². The summed E-state index contributed by atoms with van der Waals surface area (Å²) in [5.41, 5.74) is 15.8. The molecule has 1 nitrogen and oxygen atoms in total. The molecular weight excluding hydrogens is 587 g/mol. The summed E-state index contributed by atoms with van der Waals surface area (Å²) in [5, 5.41) is 2.71. The zero-order valence-electron chi connectivity index (χ0n) is 26.9. The van der Waals surface area contributed by atoms with Gasteiger partial charge in [-0.05, 0) is 100 Å². The number of thiophene rings is 1. The van der Waals surface area contributed by atoms with Gasteiger partial charge in [0.05, 0.1) is 5.69 Å². The van der Waals surface area contributed by atoms with E-state index in [0.29, 0.717) is 5.92 Å². The number of aryl methyl sites for hydroxylation is 2. The van der Waals surface area contributed by atoms with Crippen molar-refractivity contribution in [1.82, 2.24) is 0 Å². The van der Waals surface area contributed by atoms with Crippen LogP contribution in [0.1, 0.15) is 35.1 Å². The van der Waals surface area contributed by atoms with Crippen molar-refractivity contribution in [1.29, 1.82) is 0 Å². The van der Waals surface area contributed by atoms with Crippen LogP contribution in [-0.2, 0) is 0 Å². The van der Waals surface area contributed by atoms with Gasteiger partial charge in [0.15, 0.2) is 0 Å². The molecule has 6 aromatic carbocycles. The van der Waals surface area contributed by atoms with Crippen LogP contribution in [0.4, 0.5) is 11.4 Å². The van der Waals surface area contributed by atoms with E-state index in [0.717, 1.165) is 0 Å². The molecule has 0 bridgehead atoms. The first-order chi connectivity index (χ1) is 23.1. The van der Waals surface area contributed by atoms with Crippen molar-refractivity contribution < 1.29 is 0 Å². The molecule has 9 rings (SSSR count). The van der Waals surface area contributed by atoms with Crippen LogP contribution in [0.2, 0.25) is 0 Å². The lowest BCUT2D eigenvalue weighted by atomic mass is 9.76. The maximum Gasteiger partial charge on any atom is 0.0503 e. The molecule has 2 unspecified atom stereocenters. The maximum atomic E-state index is 2.51. The van der Waals surface area contributed by atoms with Crippen LogP contribution in [-0.4, -0.2) is 0 Å². The Kier molecular flexibility index (Phi) is 6.55. The highest BCUT2D eigenvalue weighted by molar-refractivity contribution is 7.26. The molecular formula is C45H35NS. The smallest absolute Gasteiger partial charge is 0.0503 e. The second-order valence-electron chi connectivity index (χ2n) is 13.0. The highest BCUT2D eigenvalue weighted by Gasteiger charge is 2.41. The van der Waals surface area contributed by atoms with E-state index in [-0.39, 0.29) is 5.92 Å². The molecule has 0 radical (unpaired) electrons. The van der Waals surface area contributed by atoms with E-state index in [2.05, 4.69) is 171 Å². The van der Waals surface area contributed by atoms with E-state index in [1.807, 2.05) is 11.3 Å². The van der Waals surface area contributed by atoms with Gasteiger partial charge < -0.3 is 4.90 Å². The van der Waals surface area contributed by atoms with Gasteiger partial charge >= 0.3 is 0 Å². The molecule has 0 saturated heterocycles. The Bertz CT molecular complexity index is 2410. The third kappa shape index (κ3) is 4.36. The number of rotatable bonds is 4. The second-order valence-corrected chi connectivity index (χ2v) is 14.1. The van der Waals surface area contributed by atoms with Gasteiger partial charge in [0.1, 0.15) is 0 Å². The molecule has 1 aromatic heterocycles. The van der Waals surface area contributed by atoms with Gasteiger partial charge in [0, 0.05) is 37.5 Å². The highest BCUT2D eigenvalue weighted by Crippen LogP contribution is 2.57. The van der Waals surface area contributed by atoms with Gasteiger partial charge in [-0.2, -0.15) is 0 Å². The second kappa shape index (κ2) is 11.0. The molecule has 2 heteroatoms. The van der Waals surface area contributed by atoms with Crippen LogP contribution < -0.4 is 4.90 Å². The summed E-state index contributed by atoms with van der Waals surface area (Å²) < 4.78 is 2.74. The summed E-state index contributed by atoms with van der Waals surface area (Å²) >= 11 is 1.92. The van der Waals surface area contributed by atoms with Crippen molar-refractivity contribution >= 4 is 48.5 Å². The molecule has 0 fully saturated rings. The number of fused-ring (bicyclic) bond motifs is 6. The monoisotopic (exact) mass is 621 g/mol. The lowest BCUT2D eigenvalue weighted by molar-refractivity contribution is 0.636. The van der Waals surface area contributed by atoms with Crippen molar-refractivity contribution in [3.63, 3.8) is 0 Å². The number of hydrogen-bond donors (Lipinski definition) is 0. The minimum absolute atomic E-state index is 0.261. The van der Waals surface area contributed by atoms with E-state index in [1.54, 1.807) is 0 Å². The Hall–Kier alpha value is -5.18. The molecule has 0 N–H and O–H groups in total. The van der Waals surface area contributed by atoms with Crippen molar-refractivity contribution in [2.75, 3.05) is 4.90 Å². The molecule has 1 aliphatic carbocycles. The van der Waals surface area contributed by atoms with Crippen molar-refractivity contribution in [2.45, 2.75) is 26.7 Å². The SMILES string of the molecule is Cc1ccccc1-c1c(C)cccc1-c1ccc2c(c1)N(c1ccccc1)C1=CC=C(c3cccc4c3sc3ccccc34)C(C)C12. The van der Waals surface area contributed by atoms with Gasteiger partial charge in [-0.3, -0.25) is 0 Å². The molecule has 1 aliphatic heterocycles. The zero-order valence-corrected chi connectivity index (χ0v) is 27.7. The van der Waals surface area contributed by atoms with E-state index in [1.165, 1.54) is 87.3 Å². The van der Waals surface area contributed by atoms with Crippen LogP contribution >= 0.6 is 11.3 Å². The summed E-state index contributed by atoms with van der Waals surface area (Å²) in [7, 11) is 0. The Morgan fingerprint density at radius 3 is 2.17 bits per heavy atom. The van der Waals surface area contributed by atoms with Crippen LogP contribution in [0.15, 0.2) is 151 Å². The third-order valence-electron chi connectivity index (χ3n) is 10.3. The van der Waals surface area contributed by atoms with Crippen LogP contribution in [0, 0.1) is 19.8 Å². The van der Waals surface area contributed by atoms with Gasteiger partial charge in [-0.25, -0.2) is 0 Å². The van der Waals surface area contributed by atoms with Gasteiger partial charge in [0.2, 0.25) is 0 Å². The summed E-state index contributed by atoms with van der Waals surface area (Å²) in [6.45, 7) is 6.88. The Labute approximate surface area is 280 Å². The summed E-state index contributed by atoms with van der Waals surface area (Å²) in [6.07, 6.45) is 4.79. The number of para-hydroxylation sites is 1. The minimum atomic E-state index is 0.261. The molecule has 2 heterocycles. The molecule has 0 spiro atoms. The minimum Gasteiger partial charge on any atom is -0.313 e. The number of nitrogens with zero attached hydrogens (tertiary/aromatic N) is 1. The molecule has 2 aliphatic rings. The van der Waals surface area contributed by atoms with Crippen LogP contribution in [0.3, 0.4) is 0 Å². The predicted molar refractivity (Wildman–Crippen MR) is 203 cm³/mol. The standard InChI is InChI=1S/C45H35NS/c1-28-13-7-8-17-33(28)43-29(2)14-11-19-35(43)31-23-24-39-41(27-31)46(32-15-5-4-6-16-32)40-26-25-34(30(3)44(39)40)37-20-12-21-38-36-18-9-10-22-42(36)47-45(37)38/h4-27,30,44H,1-3H3. The number of benzene rings is 6. The lowest BCUT2D eigenvalue weighted by Gasteiger charge is -2.31. The molecule has 2 atom stereocenters. The number of anilines is 2. The lowest BCUT2D eigenvalue weighted by Crippen LogP contribution is -2.20. The normalized spacial score (nSPS) is 17.0. The van der Waals surface area contributed by atoms with Crippen molar-refractivity contribution in [3.05, 3.63) is 174 Å². The van der Waals surface area contributed by atoms with E-state index >= 15 is 0 Å². The quantitative estimate of drug-likeness (QED) is 0.189. The highest BCUT2D eigenvalue weighted by atomic mass is 32.1. The van der Waals surface area contributed by atoms with Gasteiger partial charge in [0.25, 0.3) is 0 Å². The zero-order chi connectivity index (χ0) is 31.6. The number of hydrogen-bond acceptors (Lipinski definition) is 2. The summed E-state index contributed by atoms with van der Waals surface area (Å²) in [6, 6.07) is 49.3. The Balaban J connectivity index is 1.21. The van der Waals surface area contributed by atoms with Crippen LogP contribution in [0.25, 0.3) is 48.0 Å². The van der Waals surface area contributed by atoms with Crippen molar-refractivity contribution in [2.24, 2.45) is 5.92 Å². The van der Waals surface area contributed by atoms with Gasteiger partial charge in [-0.15, -0.1) is 11.3 Å². The van der Waals surface area contributed by atoms with E-state index in [4.69, 9.17) is 0 Å². The third-order valence-corrected chi connectivity index (χ3v) is 11.6. The summed E-state index contributed by atoms with van der Waals surface area (Å²) in [4.78, 5) is 2.51. The Morgan fingerprint density at radius 1 is 0.596 bits per heavy atom. The average Bonchev–Trinajstić information content (AvgIpc) is 3.65. The fraction of sp³-hybridized carbons (Fsp3) is 0.111. The first kappa shape index (κ1) is 28.1. The van der Waals surface area contributed by atoms with Crippen LogP contribution in [0.5, 0.6) is 0 Å². The Morgan fingerprint density at radius 2 is 1.30 bits per heavy atom. The fourth-order valence-electron chi connectivity index (χ4n) is 8.11. The van der Waals surface area contributed by atoms with E-state index in [9.17, 15) is 0 Å². The molecule has 226 valence electrons. The van der Waals surface area contributed by atoms with Gasteiger partial charge in [-0.1, -0.05) is 122 Å². The molecule has 0 saturated carbocycles. The fourth-order valence-corrected chi connectivity index (χ4v) is 9.35. The van der Waals surface area contributed by atoms with Crippen molar-refractivity contribution in [3.8, 4) is 22.3 Å². The number of allylic oxidation sites excluding steroid dienone is 4. The maximum absolute atomic E-state index is 2.51. The predicted octanol–water partition coefficient (Wildman–Crippen LogP) is 12.9. The first-order valence-electron chi connectivity index (χ1n) is 16.6. The summed E-state index contributed by atoms with van der Waals surface area (Å²) in [5.74, 6) is 0.572. The first-order valence-corrected chi connectivity index (χ1v) is 17.4. The molecule has 0 amide bonds. The van der Waals surface area contributed by atoms with E-state index < -0.39 is 0 Å². The molecule has 7 aromatic rings.